The van der Waals surface area contributed by atoms with E-state index in [-0.39, 0.29) is 18.5 Å². The average Bonchev–Trinajstić information content (AvgIpc) is 3.09. The van der Waals surface area contributed by atoms with Gasteiger partial charge in [0.25, 0.3) is 5.82 Å². The molecule has 1 aliphatic heterocycles. The highest BCUT2D eigenvalue weighted by Crippen LogP contribution is 2.37. The number of nitrogens with one attached hydrogen (secondary N) is 1. The van der Waals surface area contributed by atoms with Crippen molar-refractivity contribution in [1.29, 1.82) is 0 Å². The Labute approximate surface area is 118 Å². The largest absolute Gasteiger partial charge is 0.455 e. The van der Waals surface area contributed by atoms with Crippen molar-refractivity contribution in [1.82, 2.24) is 20.4 Å². The molecule has 0 spiro atoms. The lowest BCUT2D eigenvalue weighted by molar-refractivity contribution is -0.146. The molecule has 1 saturated carbocycles. The fourth-order valence-corrected chi connectivity index (χ4v) is 3.11. The molecule has 0 aromatic carbocycles. The molecule has 2 amide bonds. The van der Waals surface area contributed by atoms with Gasteiger partial charge in [-0.05, 0) is 24.7 Å². The molecule has 0 radical (unpaired) electrons. The molecular weight excluding hydrogens is 289 g/mol. The van der Waals surface area contributed by atoms with Crippen LogP contribution < -0.4 is 5.32 Å². The van der Waals surface area contributed by atoms with Crippen molar-refractivity contribution in [3.05, 3.63) is 11.7 Å². The summed E-state index contributed by atoms with van der Waals surface area (Å²) in [4.78, 5) is 16.9. The Morgan fingerprint density at radius 2 is 2.00 bits per heavy atom. The van der Waals surface area contributed by atoms with Crippen molar-refractivity contribution in [3.63, 3.8) is 0 Å². The first-order chi connectivity index (χ1) is 9.93. The molecule has 1 saturated heterocycles. The summed E-state index contributed by atoms with van der Waals surface area (Å²) in [6.07, 6.45) is -1.13. The van der Waals surface area contributed by atoms with Crippen molar-refractivity contribution in [2.75, 3.05) is 13.1 Å². The molecule has 21 heavy (non-hydrogen) atoms. The number of halogens is 3. The molecule has 9 heteroatoms. The van der Waals surface area contributed by atoms with Gasteiger partial charge in [-0.3, -0.25) is 0 Å². The summed E-state index contributed by atoms with van der Waals surface area (Å²) in [6, 6.07) is -0.295. The van der Waals surface area contributed by atoms with Gasteiger partial charge in [-0.25, -0.2) is 4.79 Å². The Hall–Kier alpha value is -1.80. The summed E-state index contributed by atoms with van der Waals surface area (Å²) in [5.41, 5.74) is 0. The highest BCUT2D eigenvalue weighted by atomic mass is 19.4. The van der Waals surface area contributed by atoms with Gasteiger partial charge < -0.3 is 14.7 Å². The van der Waals surface area contributed by atoms with Crippen molar-refractivity contribution in [2.24, 2.45) is 11.8 Å². The van der Waals surface area contributed by atoms with Crippen LogP contribution in [-0.4, -0.2) is 34.2 Å². The fourth-order valence-electron chi connectivity index (χ4n) is 3.11. The number of alkyl halides is 3. The van der Waals surface area contributed by atoms with Gasteiger partial charge in [-0.1, -0.05) is 11.6 Å². The maximum atomic E-state index is 12.3. The number of rotatable bonds is 2. The number of likely N-dealkylation sites (tertiary alicyclic amines) is 1. The van der Waals surface area contributed by atoms with Crippen LogP contribution in [0, 0.1) is 11.8 Å². The molecule has 2 aliphatic rings. The Bertz CT molecular complexity index is 519. The third kappa shape index (κ3) is 2.96. The van der Waals surface area contributed by atoms with Crippen LogP contribution in [0.15, 0.2) is 4.52 Å². The molecule has 2 unspecified atom stereocenters. The third-order valence-corrected chi connectivity index (χ3v) is 4.13. The number of urea groups is 1. The van der Waals surface area contributed by atoms with Crippen molar-refractivity contribution < 1.29 is 22.5 Å². The summed E-state index contributed by atoms with van der Waals surface area (Å²) >= 11 is 0. The molecule has 1 aromatic rings. The van der Waals surface area contributed by atoms with E-state index in [2.05, 4.69) is 20.0 Å². The lowest BCUT2D eigenvalue weighted by Gasteiger charge is -2.17. The predicted octanol–water partition coefficient (Wildman–Crippen LogP) is 2.03. The number of hydrogen-bond donors (Lipinski definition) is 1. The van der Waals surface area contributed by atoms with E-state index in [1.54, 1.807) is 4.90 Å². The van der Waals surface area contributed by atoms with E-state index in [0.29, 0.717) is 24.9 Å². The highest BCUT2D eigenvalue weighted by Gasteiger charge is 2.39. The predicted molar refractivity (Wildman–Crippen MR) is 63.9 cm³/mol. The van der Waals surface area contributed by atoms with Gasteiger partial charge in [0.05, 0.1) is 6.54 Å². The van der Waals surface area contributed by atoms with Gasteiger partial charge in [-0.2, -0.15) is 18.2 Å². The van der Waals surface area contributed by atoms with Crippen LogP contribution in [0.3, 0.4) is 0 Å². The molecule has 6 nitrogen and oxygen atoms in total. The van der Waals surface area contributed by atoms with Crippen LogP contribution in [0.1, 0.15) is 31.0 Å². The van der Waals surface area contributed by atoms with E-state index in [9.17, 15) is 18.0 Å². The summed E-state index contributed by atoms with van der Waals surface area (Å²) < 4.78 is 41.4. The molecule has 2 heterocycles. The van der Waals surface area contributed by atoms with Gasteiger partial charge in [0, 0.05) is 13.1 Å². The van der Waals surface area contributed by atoms with Gasteiger partial charge in [0.15, 0.2) is 0 Å². The lowest BCUT2D eigenvalue weighted by atomic mass is 10.0. The third-order valence-electron chi connectivity index (χ3n) is 4.13. The first-order valence-corrected chi connectivity index (χ1v) is 6.86. The number of hydrogen-bond acceptors (Lipinski definition) is 4. The van der Waals surface area contributed by atoms with Gasteiger partial charge in [0.2, 0.25) is 5.89 Å². The molecule has 1 aromatic heterocycles. The number of carbonyl (C=O) groups excluding carboxylic acids is 1. The number of nitrogens with zero attached hydrogens (tertiary/aromatic N) is 3. The first kappa shape index (κ1) is 14.2. The number of aromatic nitrogens is 2. The second-order valence-electron chi connectivity index (χ2n) is 5.52. The topological polar surface area (TPSA) is 71.3 Å². The monoisotopic (exact) mass is 304 g/mol. The molecule has 3 rings (SSSR count). The quantitative estimate of drug-likeness (QED) is 0.907. The standard InChI is InChI=1S/C12H15F3N4O2/c13-12(14,15)10-17-9(21-18-10)4-16-11(20)19-5-7-2-1-3-8(7)6-19/h7-8H,1-6H2,(H,16,20). The molecular formula is C12H15F3N4O2. The zero-order valence-electron chi connectivity index (χ0n) is 11.2. The summed E-state index contributed by atoms with van der Waals surface area (Å²) in [6.45, 7) is 1.23. The fraction of sp³-hybridized carbons (Fsp3) is 0.750. The molecule has 2 fully saturated rings. The van der Waals surface area contributed by atoms with Crippen LogP contribution in [0.25, 0.3) is 0 Å². The maximum absolute atomic E-state index is 12.3. The summed E-state index contributed by atoms with van der Waals surface area (Å²) in [7, 11) is 0. The molecule has 2 atom stereocenters. The van der Waals surface area contributed by atoms with Crippen molar-refractivity contribution >= 4 is 6.03 Å². The van der Waals surface area contributed by atoms with Crippen LogP contribution >= 0.6 is 0 Å². The second-order valence-corrected chi connectivity index (χ2v) is 5.52. The lowest BCUT2D eigenvalue weighted by Crippen LogP contribution is -2.38. The zero-order valence-corrected chi connectivity index (χ0v) is 11.2. The van der Waals surface area contributed by atoms with Crippen LogP contribution in [0.5, 0.6) is 0 Å². The Morgan fingerprint density at radius 1 is 1.33 bits per heavy atom. The number of fused-ring (bicyclic) bond motifs is 1. The SMILES string of the molecule is O=C(NCc1nc(C(F)(F)F)no1)N1CC2CCCC2C1. The Balaban J connectivity index is 1.51. The molecule has 1 N–H and O–H groups in total. The van der Waals surface area contributed by atoms with E-state index in [0.717, 1.165) is 12.8 Å². The van der Waals surface area contributed by atoms with Crippen LogP contribution in [-0.2, 0) is 12.7 Å². The minimum absolute atomic E-state index is 0.201. The van der Waals surface area contributed by atoms with Crippen LogP contribution in [0.4, 0.5) is 18.0 Å². The van der Waals surface area contributed by atoms with Crippen LogP contribution in [0.2, 0.25) is 0 Å². The van der Waals surface area contributed by atoms with E-state index in [4.69, 9.17) is 0 Å². The normalized spacial score (nSPS) is 25.2. The van der Waals surface area contributed by atoms with Crippen molar-refractivity contribution in [2.45, 2.75) is 32.0 Å². The Morgan fingerprint density at radius 3 is 2.57 bits per heavy atom. The molecule has 1 aliphatic carbocycles. The smallest absolute Gasteiger partial charge is 0.337 e. The molecule has 116 valence electrons. The minimum atomic E-state index is -4.64. The second kappa shape index (κ2) is 5.19. The summed E-state index contributed by atoms with van der Waals surface area (Å²) in [5, 5.41) is 5.35. The maximum Gasteiger partial charge on any atom is 0.455 e. The Kier molecular flexibility index (Phi) is 3.50. The van der Waals surface area contributed by atoms with Gasteiger partial charge >= 0.3 is 12.2 Å². The average molecular weight is 304 g/mol. The van der Waals surface area contributed by atoms with Crippen molar-refractivity contribution in [3.8, 4) is 0 Å². The van der Waals surface area contributed by atoms with E-state index in [1.807, 2.05) is 0 Å². The molecule has 0 bridgehead atoms. The van der Waals surface area contributed by atoms with E-state index >= 15 is 0 Å². The van der Waals surface area contributed by atoms with Gasteiger partial charge in [0.1, 0.15) is 0 Å². The number of amides is 2. The summed E-state index contributed by atoms with van der Waals surface area (Å²) in [5.74, 6) is -0.454. The highest BCUT2D eigenvalue weighted by molar-refractivity contribution is 5.74. The first-order valence-electron chi connectivity index (χ1n) is 6.86. The number of carbonyl (C=O) groups is 1. The van der Waals surface area contributed by atoms with E-state index in [1.165, 1.54) is 6.42 Å². The van der Waals surface area contributed by atoms with Gasteiger partial charge in [-0.15, -0.1) is 0 Å². The minimum Gasteiger partial charge on any atom is -0.337 e. The zero-order chi connectivity index (χ0) is 15.0. The van der Waals surface area contributed by atoms with E-state index < -0.39 is 12.0 Å².